The van der Waals surface area contributed by atoms with Gasteiger partial charge >= 0.3 is 0 Å². The molecule has 1 fully saturated rings. The first-order valence-electron chi connectivity index (χ1n) is 11.4. The predicted octanol–water partition coefficient (Wildman–Crippen LogP) is 2.87. The number of benzene rings is 1. The molecular weight excluding hydrogens is 440 g/mol. The van der Waals surface area contributed by atoms with Crippen molar-refractivity contribution in [2.24, 2.45) is 0 Å². The summed E-state index contributed by atoms with van der Waals surface area (Å²) in [6.45, 7) is 4.81. The van der Waals surface area contributed by atoms with E-state index in [1.165, 1.54) is 16.2 Å². The van der Waals surface area contributed by atoms with Crippen LogP contribution in [0.2, 0.25) is 0 Å². The molecule has 4 rings (SSSR count). The maximum absolute atomic E-state index is 13.1. The molecule has 33 heavy (non-hydrogen) atoms. The number of methoxy groups -OCH3 is 1. The monoisotopic (exact) mass is 472 g/mol. The summed E-state index contributed by atoms with van der Waals surface area (Å²) in [7, 11) is 1.60. The van der Waals surface area contributed by atoms with Crippen LogP contribution in [0.25, 0.3) is 0 Å². The van der Waals surface area contributed by atoms with Crippen molar-refractivity contribution in [3.8, 4) is 5.75 Å². The van der Waals surface area contributed by atoms with Gasteiger partial charge in [0.05, 0.1) is 18.2 Å². The normalized spacial score (nSPS) is 19.8. The zero-order valence-corrected chi connectivity index (χ0v) is 20.2. The van der Waals surface area contributed by atoms with Crippen molar-refractivity contribution in [1.82, 2.24) is 16.2 Å². The van der Waals surface area contributed by atoms with Gasteiger partial charge in [0.25, 0.3) is 5.91 Å². The van der Waals surface area contributed by atoms with Crippen LogP contribution in [0, 0.1) is 13.8 Å². The van der Waals surface area contributed by atoms with Gasteiger partial charge in [-0.25, -0.2) is 10.9 Å². The maximum Gasteiger partial charge on any atom is 0.254 e. The van der Waals surface area contributed by atoms with E-state index in [1.807, 2.05) is 19.9 Å². The number of ether oxygens (including phenoxy) is 1. The average Bonchev–Trinajstić information content (AvgIpc) is 3.41. The number of hydrogen-bond donors (Lipinski definition) is 5. The molecule has 1 aliphatic heterocycles. The van der Waals surface area contributed by atoms with E-state index in [2.05, 4.69) is 21.5 Å². The van der Waals surface area contributed by atoms with Gasteiger partial charge in [0.1, 0.15) is 16.8 Å². The summed E-state index contributed by atoms with van der Waals surface area (Å²) >= 11 is 1.51. The smallest absolute Gasteiger partial charge is 0.254 e. The number of phenols is 1. The fourth-order valence-corrected chi connectivity index (χ4v) is 5.77. The summed E-state index contributed by atoms with van der Waals surface area (Å²) in [4.78, 5) is 27.3. The van der Waals surface area contributed by atoms with Crippen LogP contribution in [0.15, 0.2) is 12.1 Å². The van der Waals surface area contributed by atoms with Gasteiger partial charge in [-0.05, 0) is 68.7 Å². The summed E-state index contributed by atoms with van der Waals surface area (Å²) < 4.78 is 5.04. The third kappa shape index (κ3) is 5.06. The highest BCUT2D eigenvalue weighted by Gasteiger charge is 2.33. The number of anilines is 1. The lowest BCUT2D eigenvalue weighted by Crippen LogP contribution is -2.39. The number of rotatable bonds is 7. The van der Waals surface area contributed by atoms with E-state index in [0.29, 0.717) is 30.1 Å². The van der Waals surface area contributed by atoms with Crippen LogP contribution in [-0.2, 0) is 22.4 Å². The second-order valence-electron chi connectivity index (χ2n) is 8.78. The molecule has 2 heterocycles. The topological polar surface area (TPSA) is 112 Å². The Morgan fingerprint density at radius 1 is 1.18 bits per heavy atom. The highest BCUT2D eigenvalue weighted by Crippen LogP contribution is 2.39. The van der Waals surface area contributed by atoms with Crippen molar-refractivity contribution in [1.29, 1.82) is 0 Å². The highest BCUT2D eigenvalue weighted by molar-refractivity contribution is 7.17. The minimum atomic E-state index is -0.487. The third-order valence-electron chi connectivity index (χ3n) is 6.46. The molecule has 1 aliphatic carbocycles. The molecular formula is C24H32N4O4S. The van der Waals surface area contributed by atoms with Crippen molar-refractivity contribution < 1.29 is 19.4 Å². The quantitative estimate of drug-likeness (QED) is 0.396. The molecule has 0 bridgehead atoms. The zero-order chi connectivity index (χ0) is 23.5. The lowest BCUT2D eigenvalue weighted by molar-refractivity contribution is -0.117. The SMILES string of the molecule is COCCNC(=O)c1c(NC(=O)C2CC(c3cc(C)c(C)cc3O)NN2)sc2c1CCCC2. The van der Waals surface area contributed by atoms with Gasteiger partial charge in [-0.3, -0.25) is 9.59 Å². The van der Waals surface area contributed by atoms with E-state index in [-0.39, 0.29) is 23.6 Å². The predicted molar refractivity (Wildman–Crippen MR) is 129 cm³/mol. The molecule has 0 radical (unpaired) electrons. The molecule has 2 atom stereocenters. The number of hydrogen-bond acceptors (Lipinski definition) is 7. The molecule has 0 spiro atoms. The molecule has 1 aromatic carbocycles. The third-order valence-corrected chi connectivity index (χ3v) is 7.67. The van der Waals surface area contributed by atoms with E-state index < -0.39 is 6.04 Å². The molecule has 1 saturated heterocycles. The summed E-state index contributed by atoms with van der Waals surface area (Å²) in [5.74, 6) is -0.144. The first-order valence-corrected chi connectivity index (χ1v) is 12.2. The summed E-state index contributed by atoms with van der Waals surface area (Å²) in [5.41, 5.74) is 10.7. The summed E-state index contributed by atoms with van der Waals surface area (Å²) in [6.07, 6.45) is 4.42. The van der Waals surface area contributed by atoms with Gasteiger partial charge in [0, 0.05) is 24.1 Å². The molecule has 8 nitrogen and oxygen atoms in total. The Hall–Kier alpha value is -2.46. The van der Waals surface area contributed by atoms with Crippen molar-refractivity contribution in [2.75, 3.05) is 25.6 Å². The van der Waals surface area contributed by atoms with E-state index in [1.54, 1.807) is 13.2 Å². The van der Waals surface area contributed by atoms with Crippen LogP contribution < -0.4 is 21.5 Å². The number of carbonyl (C=O) groups excluding carboxylic acids is 2. The highest BCUT2D eigenvalue weighted by atomic mass is 32.1. The van der Waals surface area contributed by atoms with Crippen molar-refractivity contribution in [3.05, 3.63) is 44.8 Å². The molecule has 178 valence electrons. The van der Waals surface area contributed by atoms with Gasteiger partial charge in [-0.15, -0.1) is 11.3 Å². The first-order chi connectivity index (χ1) is 15.9. The number of phenolic OH excluding ortho intramolecular Hbond substituents is 1. The largest absolute Gasteiger partial charge is 0.508 e. The summed E-state index contributed by atoms with van der Waals surface area (Å²) in [6, 6.07) is 3.04. The van der Waals surface area contributed by atoms with Crippen molar-refractivity contribution in [2.45, 2.75) is 58.0 Å². The minimum absolute atomic E-state index is 0.169. The Kier molecular flexibility index (Phi) is 7.33. The number of amides is 2. The molecule has 9 heteroatoms. The van der Waals surface area contributed by atoms with Gasteiger partial charge in [0.15, 0.2) is 0 Å². The zero-order valence-electron chi connectivity index (χ0n) is 19.3. The molecule has 2 aromatic rings. The lowest BCUT2D eigenvalue weighted by atomic mass is 9.95. The molecule has 2 amide bonds. The van der Waals surface area contributed by atoms with E-state index >= 15 is 0 Å². The Morgan fingerprint density at radius 2 is 1.94 bits per heavy atom. The van der Waals surface area contributed by atoms with Crippen LogP contribution in [0.1, 0.15) is 62.8 Å². The Morgan fingerprint density at radius 3 is 2.73 bits per heavy atom. The Balaban J connectivity index is 1.49. The first kappa shape index (κ1) is 23.7. The van der Waals surface area contributed by atoms with Gasteiger partial charge < -0.3 is 20.5 Å². The van der Waals surface area contributed by atoms with Crippen LogP contribution in [0.3, 0.4) is 0 Å². The minimum Gasteiger partial charge on any atom is -0.508 e. The fraction of sp³-hybridized carbons (Fsp3) is 0.500. The van der Waals surface area contributed by atoms with Gasteiger partial charge in [-0.2, -0.15) is 0 Å². The van der Waals surface area contributed by atoms with Crippen molar-refractivity contribution in [3.63, 3.8) is 0 Å². The number of fused-ring (bicyclic) bond motifs is 1. The second kappa shape index (κ2) is 10.2. The van der Waals surface area contributed by atoms with Gasteiger partial charge in [-0.1, -0.05) is 6.07 Å². The second-order valence-corrected chi connectivity index (χ2v) is 9.88. The van der Waals surface area contributed by atoms with Crippen LogP contribution in [0.5, 0.6) is 5.75 Å². The van der Waals surface area contributed by atoms with Gasteiger partial charge in [0.2, 0.25) is 5.91 Å². The average molecular weight is 473 g/mol. The standard InChI is InChI=1S/C24H32N4O4S/c1-13-10-16(19(29)11-14(13)2)17-12-18(28-27-17)22(30)26-24-21(23(31)25-8-9-32-3)15-6-4-5-7-20(15)33-24/h10-11,17-18,27-29H,4-9,12H2,1-3H3,(H,25,31)(H,26,30). The van der Waals surface area contributed by atoms with E-state index in [4.69, 9.17) is 4.74 Å². The number of thiophene rings is 1. The van der Waals surface area contributed by atoms with Crippen LogP contribution >= 0.6 is 11.3 Å². The van der Waals surface area contributed by atoms with E-state index in [9.17, 15) is 14.7 Å². The molecule has 2 unspecified atom stereocenters. The molecule has 2 aliphatic rings. The Labute approximate surface area is 198 Å². The maximum atomic E-state index is 13.1. The molecule has 5 N–H and O–H groups in total. The Bertz CT molecular complexity index is 1050. The van der Waals surface area contributed by atoms with Crippen LogP contribution in [0.4, 0.5) is 5.00 Å². The fourth-order valence-electron chi connectivity index (χ4n) is 4.48. The number of aryl methyl sites for hydroxylation is 3. The lowest BCUT2D eigenvalue weighted by Gasteiger charge is -2.14. The van der Waals surface area contributed by atoms with E-state index in [0.717, 1.165) is 47.9 Å². The van der Waals surface area contributed by atoms with Crippen LogP contribution in [-0.4, -0.2) is 43.2 Å². The summed E-state index contributed by atoms with van der Waals surface area (Å²) in [5, 5.41) is 16.9. The number of aromatic hydroxyl groups is 1. The number of carbonyl (C=O) groups is 2. The van der Waals surface area contributed by atoms with Crippen molar-refractivity contribution >= 4 is 28.2 Å². The molecule has 1 aromatic heterocycles. The number of hydrazine groups is 1. The molecule has 0 saturated carbocycles. The number of nitrogens with one attached hydrogen (secondary N) is 4.